The molecule has 0 aliphatic carbocycles. The first-order valence-corrected chi connectivity index (χ1v) is 7.67. The maximum atomic E-state index is 2.50. The number of benzene rings is 2. The van der Waals surface area contributed by atoms with Crippen molar-refractivity contribution in [1.82, 2.24) is 4.90 Å². The molecule has 2 heteroatoms. The van der Waals surface area contributed by atoms with Gasteiger partial charge >= 0.3 is 0 Å². The van der Waals surface area contributed by atoms with E-state index in [1.165, 1.54) is 33.6 Å². The van der Waals surface area contributed by atoms with E-state index in [1.807, 2.05) is 0 Å². The Hall–Kier alpha value is -2.22. The van der Waals surface area contributed by atoms with Crippen LogP contribution in [0.25, 0.3) is 16.8 Å². The average Bonchev–Trinajstić information content (AvgIpc) is 2.83. The highest BCUT2D eigenvalue weighted by Gasteiger charge is 2.36. The third-order valence-electron chi connectivity index (χ3n) is 4.78. The van der Waals surface area contributed by atoms with Crippen LogP contribution in [-0.2, 0) is 6.42 Å². The monoisotopic (exact) mass is 276 g/mol. The minimum atomic E-state index is 0.361. The summed E-state index contributed by atoms with van der Waals surface area (Å²) in [6.45, 7) is 4.51. The van der Waals surface area contributed by atoms with Crippen LogP contribution in [0, 0.1) is 0 Å². The van der Waals surface area contributed by atoms with Crippen LogP contribution in [0.4, 0.5) is 5.69 Å². The number of nitrogens with zero attached hydrogens (tertiary/aromatic N) is 2. The zero-order chi connectivity index (χ0) is 14.6. The number of fused-ring (bicyclic) bond motifs is 6. The van der Waals surface area contributed by atoms with Crippen molar-refractivity contribution in [3.8, 4) is 11.1 Å². The van der Waals surface area contributed by atoms with Crippen molar-refractivity contribution in [3.63, 3.8) is 0 Å². The summed E-state index contributed by atoms with van der Waals surface area (Å²) < 4.78 is 0. The first-order valence-electron chi connectivity index (χ1n) is 7.67. The summed E-state index contributed by atoms with van der Waals surface area (Å²) in [5.74, 6) is 0. The fraction of sp³-hybridized carbons (Fsp3) is 0.263. The highest BCUT2D eigenvalue weighted by atomic mass is 15.4. The summed E-state index contributed by atoms with van der Waals surface area (Å²) in [7, 11) is 2.16. The van der Waals surface area contributed by atoms with E-state index >= 15 is 0 Å². The van der Waals surface area contributed by atoms with Crippen molar-refractivity contribution in [3.05, 3.63) is 59.8 Å². The molecule has 0 amide bonds. The fourth-order valence-electron chi connectivity index (χ4n) is 3.57. The third kappa shape index (κ3) is 1.59. The average molecular weight is 276 g/mol. The predicted octanol–water partition coefficient (Wildman–Crippen LogP) is 4.33. The molecule has 4 rings (SSSR count). The maximum absolute atomic E-state index is 2.50. The maximum Gasteiger partial charge on any atom is 0.103 e. The first kappa shape index (κ1) is 12.5. The van der Waals surface area contributed by atoms with E-state index in [2.05, 4.69) is 79.4 Å². The van der Waals surface area contributed by atoms with Gasteiger partial charge < -0.3 is 9.80 Å². The predicted molar refractivity (Wildman–Crippen MR) is 88.9 cm³/mol. The Morgan fingerprint density at radius 1 is 0.952 bits per heavy atom. The molecule has 1 atom stereocenters. The number of rotatable bonds is 1. The van der Waals surface area contributed by atoms with Gasteiger partial charge in [0.05, 0.1) is 11.4 Å². The highest BCUT2D eigenvalue weighted by molar-refractivity contribution is 6.01. The Morgan fingerprint density at radius 2 is 1.67 bits per heavy atom. The molecule has 0 unspecified atom stereocenters. The lowest BCUT2D eigenvalue weighted by Crippen LogP contribution is -2.37. The Morgan fingerprint density at radius 3 is 2.43 bits per heavy atom. The van der Waals surface area contributed by atoms with Crippen LogP contribution in [0.1, 0.15) is 25.0 Å². The Kier molecular flexibility index (Phi) is 2.61. The highest BCUT2D eigenvalue weighted by Crippen LogP contribution is 2.49. The molecule has 0 saturated carbocycles. The second-order valence-electron chi connectivity index (χ2n) is 5.89. The van der Waals surface area contributed by atoms with Crippen molar-refractivity contribution in [1.29, 1.82) is 0 Å². The molecule has 2 heterocycles. The molecule has 2 aliphatic heterocycles. The van der Waals surface area contributed by atoms with Gasteiger partial charge in [-0.05, 0) is 24.5 Å². The zero-order valence-electron chi connectivity index (χ0n) is 12.8. The van der Waals surface area contributed by atoms with Crippen molar-refractivity contribution in [2.45, 2.75) is 26.4 Å². The van der Waals surface area contributed by atoms with E-state index in [0.29, 0.717) is 6.17 Å². The second kappa shape index (κ2) is 4.39. The lowest BCUT2D eigenvalue weighted by atomic mass is 9.89. The Bertz CT molecular complexity index is 745. The smallest absolute Gasteiger partial charge is 0.103 e. The van der Waals surface area contributed by atoms with Crippen molar-refractivity contribution in [2.75, 3.05) is 11.9 Å². The SMILES string of the molecule is CCc1cccc2c1N1C(=CN(C)[C@@H]1C)c1ccccc1-2. The molecule has 0 radical (unpaired) electrons. The molecule has 0 saturated heterocycles. The zero-order valence-corrected chi connectivity index (χ0v) is 12.8. The molecule has 2 aliphatic rings. The van der Waals surface area contributed by atoms with Gasteiger partial charge in [0, 0.05) is 24.4 Å². The minimum absolute atomic E-state index is 0.361. The molecular weight excluding hydrogens is 256 g/mol. The van der Waals surface area contributed by atoms with Crippen molar-refractivity contribution < 1.29 is 0 Å². The summed E-state index contributed by atoms with van der Waals surface area (Å²) in [6, 6.07) is 15.5. The van der Waals surface area contributed by atoms with E-state index in [1.54, 1.807) is 0 Å². The number of para-hydroxylation sites is 1. The molecule has 0 bridgehead atoms. The molecule has 2 aromatic rings. The van der Waals surface area contributed by atoms with Gasteiger partial charge in [-0.25, -0.2) is 0 Å². The van der Waals surface area contributed by atoms with E-state index in [0.717, 1.165) is 6.42 Å². The molecule has 0 spiro atoms. The van der Waals surface area contributed by atoms with E-state index in [9.17, 15) is 0 Å². The lowest BCUT2D eigenvalue weighted by Gasteiger charge is -2.37. The molecule has 106 valence electrons. The second-order valence-corrected chi connectivity index (χ2v) is 5.89. The number of hydrogen-bond donors (Lipinski definition) is 0. The summed E-state index contributed by atoms with van der Waals surface area (Å²) in [5, 5.41) is 0. The van der Waals surface area contributed by atoms with Crippen LogP contribution in [0.15, 0.2) is 48.7 Å². The molecule has 0 N–H and O–H groups in total. The molecule has 2 nitrogen and oxygen atoms in total. The summed E-state index contributed by atoms with van der Waals surface area (Å²) >= 11 is 0. The van der Waals surface area contributed by atoms with E-state index in [4.69, 9.17) is 0 Å². The number of hydrogen-bond acceptors (Lipinski definition) is 2. The van der Waals surface area contributed by atoms with Crippen LogP contribution < -0.4 is 4.90 Å². The van der Waals surface area contributed by atoms with Crippen LogP contribution in [0.2, 0.25) is 0 Å². The quantitative estimate of drug-likeness (QED) is 0.765. The fourth-order valence-corrected chi connectivity index (χ4v) is 3.57. The van der Waals surface area contributed by atoms with Crippen LogP contribution >= 0.6 is 0 Å². The van der Waals surface area contributed by atoms with Crippen molar-refractivity contribution >= 4 is 11.4 Å². The molecular formula is C19H20N2. The number of aryl methyl sites for hydroxylation is 1. The van der Waals surface area contributed by atoms with Gasteiger partial charge in [-0.15, -0.1) is 0 Å². The lowest BCUT2D eigenvalue weighted by molar-refractivity contribution is 0.383. The standard InChI is InChI=1S/C19H20N2/c1-4-14-8-7-11-17-15-9-5-6-10-16(15)18-12-20(3)13(2)21(18)19(14)17/h5-13H,4H2,1-3H3/t13-/m0/s1. The van der Waals surface area contributed by atoms with Crippen molar-refractivity contribution in [2.24, 2.45) is 0 Å². The van der Waals surface area contributed by atoms with Gasteiger partial charge in [-0.1, -0.05) is 49.4 Å². The summed E-state index contributed by atoms with van der Waals surface area (Å²) in [4.78, 5) is 4.80. The topological polar surface area (TPSA) is 6.48 Å². The normalized spacial score (nSPS) is 19.0. The van der Waals surface area contributed by atoms with Gasteiger partial charge in [0.25, 0.3) is 0 Å². The Labute approximate surface area is 126 Å². The minimum Gasteiger partial charge on any atom is -0.358 e. The van der Waals surface area contributed by atoms with Crippen LogP contribution in [0.3, 0.4) is 0 Å². The third-order valence-corrected chi connectivity index (χ3v) is 4.78. The van der Waals surface area contributed by atoms with Gasteiger partial charge in [-0.2, -0.15) is 0 Å². The van der Waals surface area contributed by atoms with Crippen LogP contribution in [-0.4, -0.2) is 18.1 Å². The molecule has 0 aromatic heterocycles. The molecule has 21 heavy (non-hydrogen) atoms. The van der Waals surface area contributed by atoms with Gasteiger partial charge in [0.1, 0.15) is 6.17 Å². The number of anilines is 1. The van der Waals surface area contributed by atoms with E-state index in [-0.39, 0.29) is 0 Å². The first-order chi connectivity index (χ1) is 10.2. The van der Waals surface area contributed by atoms with Gasteiger partial charge in [-0.3, -0.25) is 0 Å². The van der Waals surface area contributed by atoms with Gasteiger partial charge in [0.2, 0.25) is 0 Å². The van der Waals surface area contributed by atoms with Gasteiger partial charge in [0.15, 0.2) is 0 Å². The van der Waals surface area contributed by atoms with E-state index < -0.39 is 0 Å². The Balaban J connectivity index is 2.08. The largest absolute Gasteiger partial charge is 0.358 e. The summed E-state index contributed by atoms with van der Waals surface area (Å²) in [6.07, 6.45) is 3.70. The molecule has 2 aromatic carbocycles. The molecule has 0 fully saturated rings. The van der Waals surface area contributed by atoms with Crippen LogP contribution in [0.5, 0.6) is 0 Å². The summed E-state index contributed by atoms with van der Waals surface area (Å²) in [5.41, 5.74) is 8.21.